The van der Waals surface area contributed by atoms with Crippen molar-refractivity contribution in [3.05, 3.63) is 29.8 Å². The van der Waals surface area contributed by atoms with Crippen LogP contribution in [0.15, 0.2) is 24.3 Å². The zero-order valence-electron chi connectivity index (χ0n) is 8.77. The molecule has 1 aromatic rings. The Morgan fingerprint density at radius 2 is 2.06 bits per heavy atom. The lowest BCUT2D eigenvalue weighted by atomic mass is 9.97. The van der Waals surface area contributed by atoms with Crippen LogP contribution in [-0.4, -0.2) is 17.4 Å². The minimum Gasteiger partial charge on any atom is -0.435 e. The van der Waals surface area contributed by atoms with Crippen molar-refractivity contribution < 1.29 is 17.7 Å². The van der Waals surface area contributed by atoms with E-state index < -0.39 is 6.61 Å². The second-order valence-electron chi connectivity index (χ2n) is 3.51. The molecule has 1 aliphatic rings. The zero-order chi connectivity index (χ0) is 12.3. The van der Waals surface area contributed by atoms with Crippen LogP contribution in [0.3, 0.4) is 0 Å². The summed E-state index contributed by atoms with van der Waals surface area (Å²) in [5.74, 6) is 1.09. The van der Waals surface area contributed by atoms with E-state index in [4.69, 9.17) is 16.4 Å². The van der Waals surface area contributed by atoms with Crippen LogP contribution < -0.4 is 4.74 Å². The molecule has 2 nitrogen and oxygen atoms in total. The van der Waals surface area contributed by atoms with Crippen LogP contribution in [0.25, 0.3) is 0 Å². The molecule has 2 rings (SSSR count). The number of ether oxygens (including phenoxy) is 1. The Labute approximate surface area is 107 Å². The van der Waals surface area contributed by atoms with E-state index in [-0.39, 0.29) is 11.7 Å². The minimum atomic E-state index is -2.80. The number of rotatable bonds is 3. The number of hydrogen-bond acceptors (Lipinski definition) is 4. The maximum absolute atomic E-state index is 12.0. The number of thiocarbonyl (C=S) groups is 1. The first kappa shape index (κ1) is 12.6. The Kier molecular flexibility index (Phi) is 4.17. The van der Waals surface area contributed by atoms with Crippen LogP contribution in [-0.2, 0) is 4.18 Å². The van der Waals surface area contributed by atoms with Gasteiger partial charge in [0, 0.05) is 5.75 Å². The van der Waals surface area contributed by atoms with Crippen molar-refractivity contribution in [1.29, 1.82) is 0 Å². The van der Waals surface area contributed by atoms with Gasteiger partial charge in [0.25, 0.3) is 0 Å². The molecule has 6 heteroatoms. The fourth-order valence-electron chi connectivity index (χ4n) is 1.63. The molecule has 1 saturated heterocycles. The van der Waals surface area contributed by atoms with Gasteiger partial charge in [0.15, 0.2) is 5.05 Å². The summed E-state index contributed by atoms with van der Waals surface area (Å²) in [6.07, 6.45) is 0.901. The standard InChI is InChI=1S/C11H10F2O2S2/c12-11(13)14-8-3-1-7(2-4-8)9-5-6-17-15-10(9)16/h1-4,9,11H,5-6H2. The monoisotopic (exact) mass is 276 g/mol. The van der Waals surface area contributed by atoms with Crippen LogP contribution in [0.4, 0.5) is 8.78 Å². The molecule has 0 spiro atoms. The van der Waals surface area contributed by atoms with Crippen LogP contribution >= 0.6 is 24.3 Å². The molecule has 17 heavy (non-hydrogen) atoms. The molecule has 1 aliphatic heterocycles. The lowest BCUT2D eigenvalue weighted by Gasteiger charge is -2.22. The predicted molar refractivity (Wildman–Crippen MR) is 66.6 cm³/mol. The summed E-state index contributed by atoms with van der Waals surface area (Å²) in [6, 6.07) is 6.53. The van der Waals surface area contributed by atoms with Crippen molar-refractivity contribution in [2.75, 3.05) is 5.75 Å². The fourth-order valence-corrected chi connectivity index (χ4v) is 2.67. The molecular formula is C11H10F2O2S2. The number of benzene rings is 1. The Hall–Kier alpha value is -0.880. The molecule has 1 heterocycles. The molecule has 0 radical (unpaired) electrons. The normalized spacial score (nSPS) is 20.2. The number of hydrogen-bond donors (Lipinski definition) is 0. The maximum atomic E-state index is 12.0. The first-order chi connectivity index (χ1) is 8.16. The third-order valence-electron chi connectivity index (χ3n) is 2.42. The van der Waals surface area contributed by atoms with Crippen LogP contribution in [0.1, 0.15) is 17.9 Å². The summed E-state index contributed by atoms with van der Waals surface area (Å²) < 4.78 is 33.5. The van der Waals surface area contributed by atoms with Crippen molar-refractivity contribution in [2.45, 2.75) is 19.0 Å². The highest BCUT2D eigenvalue weighted by atomic mass is 32.2. The van der Waals surface area contributed by atoms with Gasteiger partial charge in [-0.25, -0.2) is 0 Å². The maximum Gasteiger partial charge on any atom is 0.387 e. The van der Waals surface area contributed by atoms with E-state index in [1.54, 1.807) is 12.1 Å². The van der Waals surface area contributed by atoms with Crippen molar-refractivity contribution >= 4 is 29.3 Å². The highest BCUT2D eigenvalue weighted by molar-refractivity contribution is 7.96. The van der Waals surface area contributed by atoms with Gasteiger partial charge < -0.3 is 8.92 Å². The van der Waals surface area contributed by atoms with Crippen molar-refractivity contribution in [3.8, 4) is 5.75 Å². The van der Waals surface area contributed by atoms with Gasteiger partial charge in [0.05, 0.1) is 18.0 Å². The molecule has 0 bridgehead atoms. The van der Waals surface area contributed by atoms with Gasteiger partial charge in [0.2, 0.25) is 0 Å². The topological polar surface area (TPSA) is 18.5 Å². The van der Waals surface area contributed by atoms with E-state index in [0.717, 1.165) is 17.7 Å². The number of halogens is 2. The summed E-state index contributed by atoms with van der Waals surface area (Å²) >= 11 is 6.47. The average Bonchev–Trinajstić information content (AvgIpc) is 2.30. The molecule has 1 fully saturated rings. The molecule has 0 saturated carbocycles. The van der Waals surface area contributed by atoms with E-state index >= 15 is 0 Å². The SMILES string of the molecule is FC(F)Oc1ccc(C2CCSOC2=S)cc1. The quantitative estimate of drug-likeness (QED) is 0.617. The third kappa shape index (κ3) is 3.29. The molecule has 0 aromatic heterocycles. The highest BCUT2D eigenvalue weighted by Gasteiger charge is 2.23. The average molecular weight is 276 g/mol. The molecular weight excluding hydrogens is 266 g/mol. The van der Waals surface area contributed by atoms with Gasteiger partial charge in [-0.1, -0.05) is 12.1 Å². The molecule has 0 N–H and O–H groups in total. The third-order valence-corrected chi connectivity index (χ3v) is 3.60. The Balaban J connectivity index is 2.08. The smallest absolute Gasteiger partial charge is 0.387 e. The van der Waals surface area contributed by atoms with E-state index in [1.165, 1.54) is 24.2 Å². The van der Waals surface area contributed by atoms with Gasteiger partial charge in [-0.15, -0.1) is 0 Å². The van der Waals surface area contributed by atoms with Crippen LogP contribution in [0.5, 0.6) is 5.75 Å². The van der Waals surface area contributed by atoms with Crippen molar-refractivity contribution in [2.24, 2.45) is 0 Å². The second-order valence-corrected chi connectivity index (χ2v) is 4.73. The summed E-state index contributed by atoms with van der Waals surface area (Å²) in [6.45, 7) is -2.80. The minimum absolute atomic E-state index is 0.0619. The lowest BCUT2D eigenvalue weighted by molar-refractivity contribution is -0.0498. The summed E-state index contributed by atoms with van der Waals surface area (Å²) in [5, 5.41) is 0.545. The molecule has 0 amide bonds. The molecule has 1 atom stereocenters. The van der Waals surface area contributed by atoms with E-state index in [2.05, 4.69) is 4.74 Å². The molecule has 1 unspecified atom stereocenters. The van der Waals surface area contributed by atoms with Gasteiger partial charge in [-0.3, -0.25) is 0 Å². The highest BCUT2D eigenvalue weighted by Crippen LogP contribution is 2.31. The second kappa shape index (κ2) is 5.64. The van der Waals surface area contributed by atoms with E-state index in [0.29, 0.717) is 5.05 Å². The first-order valence-electron chi connectivity index (χ1n) is 5.05. The van der Waals surface area contributed by atoms with E-state index in [9.17, 15) is 8.78 Å². The Morgan fingerprint density at radius 1 is 1.35 bits per heavy atom. The predicted octanol–water partition coefficient (Wildman–Crippen LogP) is 3.77. The molecule has 0 aliphatic carbocycles. The molecule has 1 aromatic carbocycles. The van der Waals surface area contributed by atoms with Crippen LogP contribution in [0, 0.1) is 0 Å². The largest absolute Gasteiger partial charge is 0.435 e. The first-order valence-corrected chi connectivity index (χ1v) is 6.37. The summed E-state index contributed by atoms with van der Waals surface area (Å²) in [5.41, 5.74) is 0.969. The lowest BCUT2D eigenvalue weighted by Crippen LogP contribution is -2.17. The Morgan fingerprint density at radius 3 is 2.65 bits per heavy atom. The summed E-state index contributed by atoms with van der Waals surface area (Å²) in [4.78, 5) is 0. The molecule has 92 valence electrons. The van der Waals surface area contributed by atoms with Gasteiger partial charge in [-0.05, 0) is 36.3 Å². The van der Waals surface area contributed by atoms with Crippen LogP contribution in [0.2, 0.25) is 0 Å². The summed E-state index contributed by atoms with van der Waals surface area (Å²) in [7, 11) is 0. The fraction of sp³-hybridized carbons (Fsp3) is 0.364. The van der Waals surface area contributed by atoms with E-state index in [1.807, 2.05) is 0 Å². The number of alkyl halides is 2. The Bertz CT molecular complexity index is 395. The van der Waals surface area contributed by atoms with Crippen molar-refractivity contribution in [3.63, 3.8) is 0 Å². The van der Waals surface area contributed by atoms with Gasteiger partial charge >= 0.3 is 6.61 Å². The zero-order valence-corrected chi connectivity index (χ0v) is 10.4. The van der Waals surface area contributed by atoms with Crippen molar-refractivity contribution in [1.82, 2.24) is 0 Å². The van der Waals surface area contributed by atoms with Gasteiger partial charge in [-0.2, -0.15) is 8.78 Å². The van der Waals surface area contributed by atoms with Gasteiger partial charge in [0.1, 0.15) is 5.75 Å².